The third-order valence-electron chi connectivity index (χ3n) is 2.57. The average Bonchev–Trinajstić information content (AvgIpc) is 2.39. The summed E-state index contributed by atoms with van der Waals surface area (Å²) in [6.45, 7) is 0. The highest BCUT2D eigenvalue weighted by atomic mass is 16.4. The van der Waals surface area contributed by atoms with Gasteiger partial charge in [-0.25, -0.2) is 10.2 Å². The largest absolute Gasteiger partial charge is 0.478 e. The Bertz CT molecular complexity index is 580. The maximum Gasteiger partial charge on any atom is 0.337 e. The molecule has 1 heterocycles. The van der Waals surface area contributed by atoms with E-state index in [1.807, 2.05) is 0 Å². The van der Waals surface area contributed by atoms with Crippen LogP contribution in [0, 0.1) is 0 Å². The first-order valence-electron chi connectivity index (χ1n) is 5.57. The number of nitrogens with zero attached hydrogens (tertiary/aromatic N) is 1. The molecule has 0 radical (unpaired) electrons. The number of amides is 2. The molecular formula is C12H11N3O4. The van der Waals surface area contributed by atoms with Gasteiger partial charge in [-0.15, -0.1) is 0 Å². The van der Waals surface area contributed by atoms with Crippen LogP contribution in [0.4, 0.5) is 5.69 Å². The summed E-state index contributed by atoms with van der Waals surface area (Å²) < 4.78 is 0. The highest BCUT2D eigenvalue weighted by molar-refractivity contribution is 6.43. The van der Waals surface area contributed by atoms with Crippen molar-refractivity contribution in [2.75, 3.05) is 5.32 Å². The van der Waals surface area contributed by atoms with Crippen molar-refractivity contribution in [3.63, 3.8) is 0 Å². The zero-order valence-corrected chi connectivity index (χ0v) is 9.84. The second kappa shape index (κ2) is 5.30. The van der Waals surface area contributed by atoms with Gasteiger partial charge in [0.25, 0.3) is 5.91 Å². The molecule has 0 fully saturated rings. The Hall–Kier alpha value is -2.70. The lowest BCUT2D eigenvalue weighted by atomic mass is 10.1. The monoisotopic (exact) mass is 261 g/mol. The number of hydrazone groups is 1. The number of nitrogens with one attached hydrogen (secondary N) is 2. The Kier molecular flexibility index (Phi) is 3.56. The minimum absolute atomic E-state index is 0.00343. The van der Waals surface area contributed by atoms with E-state index in [1.54, 1.807) is 12.1 Å². The van der Waals surface area contributed by atoms with Crippen molar-refractivity contribution in [1.29, 1.82) is 0 Å². The number of aromatic carboxylic acids is 1. The maximum atomic E-state index is 11.9. The number of hydrogen-bond acceptors (Lipinski definition) is 4. The van der Waals surface area contributed by atoms with Crippen LogP contribution in [-0.4, -0.2) is 28.6 Å². The molecule has 0 spiro atoms. The van der Waals surface area contributed by atoms with Gasteiger partial charge >= 0.3 is 5.97 Å². The van der Waals surface area contributed by atoms with Gasteiger partial charge in [0.1, 0.15) is 5.71 Å². The summed E-state index contributed by atoms with van der Waals surface area (Å²) in [6, 6.07) is 6.07. The zero-order chi connectivity index (χ0) is 13.8. The minimum atomic E-state index is -1.13. The summed E-state index contributed by atoms with van der Waals surface area (Å²) in [5.74, 6) is -1.90. The number of hydrogen-bond donors (Lipinski definition) is 3. The second-order valence-corrected chi connectivity index (χ2v) is 3.90. The van der Waals surface area contributed by atoms with E-state index in [0.29, 0.717) is 0 Å². The van der Waals surface area contributed by atoms with Gasteiger partial charge in [-0.1, -0.05) is 12.1 Å². The van der Waals surface area contributed by atoms with Crippen molar-refractivity contribution in [2.45, 2.75) is 12.8 Å². The lowest BCUT2D eigenvalue weighted by Crippen LogP contribution is -2.33. The van der Waals surface area contributed by atoms with Crippen LogP contribution in [0.1, 0.15) is 23.2 Å². The van der Waals surface area contributed by atoms with Gasteiger partial charge in [0.05, 0.1) is 11.3 Å². The van der Waals surface area contributed by atoms with Crippen LogP contribution in [0.15, 0.2) is 29.4 Å². The molecule has 0 saturated heterocycles. The van der Waals surface area contributed by atoms with Crippen LogP contribution in [0.2, 0.25) is 0 Å². The molecule has 0 bridgehead atoms. The fourth-order valence-electron chi connectivity index (χ4n) is 1.61. The summed E-state index contributed by atoms with van der Waals surface area (Å²) in [4.78, 5) is 33.8. The van der Waals surface area contributed by atoms with Gasteiger partial charge in [0, 0.05) is 12.8 Å². The normalized spacial score (nSPS) is 14.3. The third-order valence-corrected chi connectivity index (χ3v) is 2.57. The molecule has 1 aliphatic rings. The smallest absolute Gasteiger partial charge is 0.337 e. The molecule has 19 heavy (non-hydrogen) atoms. The predicted octanol–water partition coefficient (Wildman–Crippen LogP) is 0.589. The first-order valence-corrected chi connectivity index (χ1v) is 5.57. The number of para-hydroxylation sites is 1. The van der Waals surface area contributed by atoms with E-state index in [9.17, 15) is 14.4 Å². The van der Waals surface area contributed by atoms with E-state index >= 15 is 0 Å². The SMILES string of the molecule is O=C1CCC(C(=O)Nc2ccccc2C(=O)O)=NN1. The average molecular weight is 261 g/mol. The summed E-state index contributed by atoms with van der Waals surface area (Å²) in [6.07, 6.45) is 0.416. The molecule has 98 valence electrons. The van der Waals surface area contributed by atoms with E-state index in [-0.39, 0.29) is 35.7 Å². The van der Waals surface area contributed by atoms with Crippen LogP contribution in [0.25, 0.3) is 0 Å². The molecule has 7 heteroatoms. The lowest BCUT2D eigenvalue weighted by molar-refractivity contribution is -0.121. The third kappa shape index (κ3) is 2.95. The van der Waals surface area contributed by atoms with E-state index in [0.717, 1.165) is 0 Å². The van der Waals surface area contributed by atoms with E-state index in [1.165, 1.54) is 12.1 Å². The molecule has 1 aromatic carbocycles. The van der Waals surface area contributed by atoms with Crippen molar-refractivity contribution in [3.05, 3.63) is 29.8 Å². The Morgan fingerprint density at radius 3 is 2.63 bits per heavy atom. The topological polar surface area (TPSA) is 108 Å². The molecule has 0 unspecified atom stereocenters. The van der Waals surface area contributed by atoms with Crippen LogP contribution in [-0.2, 0) is 9.59 Å². The first kappa shape index (κ1) is 12.7. The van der Waals surface area contributed by atoms with Gasteiger partial charge in [-0.05, 0) is 12.1 Å². The molecule has 0 aliphatic carbocycles. The van der Waals surface area contributed by atoms with Crippen molar-refractivity contribution in [1.82, 2.24) is 5.43 Å². The fourth-order valence-corrected chi connectivity index (χ4v) is 1.61. The zero-order valence-electron chi connectivity index (χ0n) is 9.84. The van der Waals surface area contributed by atoms with Crippen LogP contribution < -0.4 is 10.7 Å². The molecule has 0 atom stereocenters. The molecule has 2 rings (SSSR count). The molecule has 1 aliphatic heterocycles. The van der Waals surface area contributed by atoms with Crippen LogP contribution >= 0.6 is 0 Å². The summed E-state index contributed by atoms with van der Waals surface area (Å²) >= 11 is 0. The van der Waals surface area contributed by atoms with E-state index in [2.05, 4.69) is 15.8 Å². The second-order valence-electron chi connectivity index (χ2n) is 3.90. The number of carbonyl (C=O) groups excluding carboxylic acids is 2. The van der Waals surface area contributed by atoms with Crippen LogP contribution in [0.3, 0.4) is 0 Å². The van der Waals surface area contributed by atoms with Crippen molar-refractivity contribution < 1.29 is 19.5 Å². The Labute approximate surface area is 108 Å². The Balaban J connectivity index is 2.16. The van der Waals surface area contributed by atoms with Gasteiger partial charge in [0.2, 0.25) is 5.91 Å². The van der Waals surface area contributed by atoms with Crippen molar-refractivity contribution in [2.24, 2.45) is 5.10 Å². The van der Waals surface area contributed by atoms with E-state index in [4.69, 9.17) is 5.11 Å². The summed E-state index contributed by atoms with van der Waals surface area (Å²) in [5.41, 5.74) is 2.57. The number of anilines is 1. The van der Waals surface area contributed by atoms with Crippen molar-refractivity contribution >= 4 is 29.2 Å². The molecule has 3 N–H and O–H groups in total. The maximum absolute atomic E-state index is 11.9. The number of benzene rings is 1. The first-order chi connectivity index (χ1) is 9.08. The quantitative estimate of drug-likeness (QED) is 0.739. The standard InChI is InChI=1S/C12H11N3O4/c16-10-6-5-9(14-15-10)11(17)13-8-4-2-1-3-7(8)12(18)19/h1-4H,5-6H2,(H,13,17)(H,15,16)(H,18,19). The number of rotatable bonds is 3. The van der Waals surface area contributed by atoms with Crippen molar-refractivity contribution in [3.8, 4) is 0 Å². The summed E-state index contributed by atoms with van der Waals surface area (Å²) in [5, 5.41) is 15.1. The van der Waals surface area contributed by atoms with Gasteiger partial charge in [-0.3, -0.25) is 9.59 Å². The molecule has 0 aromatic heterocycles. The summed E-state index contributed by atoms with van der Waals surface area (Å²) in [7, 11) is 0. The molecule has 1 aromatic rings. The molecular weight excluding hydrogens is 250 g/mol. The lowest BCUT2D eigenvalue weighted by Gasteiger charge is -2.13. The van der Waals surface area contributed by atoms with Gasteiger partial charge in [0.15, 0.2) is 0 Å². The Morgan fingerprint density at radius 2 is 2.00 bits per heavy atom. The molecule has 7 nitrogen and oxygen atoms in total. The molecule has 2 amide bonds. The number of carbonyl (C=O) groups is 3. The highest BCUT2D eigenvalue weighted by Gasteiger charge is 2.20. The predicted molar refractivity (Wildman–Crippen MR) is 66.8 cm³/mol. The number of carboxylic acid groups (broad SMARTS) is 1. The number of carboxylic acids is 1. The fraction of sp³-hybridized carbons (Fsp3) is 0.167. The van der Waals surface area contributed by atoms with Gasteiger partial charge < -0.3 is 10.4 Å². The van der Waals surface area contributed by atoms with E-state index < -0.39 is 11.9 Å². The van der Waals surface area contributed by atoms with Crippen LogP contribution in [0.5, 0.6) is 0 Å². The minimum Gasteiger partial charge on any atom is -0.478 e. The Morgan fingerprint density at radius 1 is 1.26 bits per heavy atom. The highest BCUT2D eigenvalue weighted by Crippen LogP contribution is 2.15. The van der Waals surface area contributed by atoms with Gasteiger partial charge in [-0.2, -0.15) is 5.10 Å². The molecule has 0 saturated carbocycles.